The molecule has 0 aliphatic carbocycles. The van der Waals surface area contributed by atoms with Crippen molar-refractivity contribution in [3.8, 4) is 0 Å². The summed E-state index contributed by atoms with van der Waals surface area (Å²) in [6.07, 6.45) is 3.86. The van der Waals surface area contributed by atoms with Crippen molar-refractivity contribution < 1.29 is 23.9 Å². The molecule has 1 aliphatic rings. The number of ether oxygens (including phenoxy) is 1. The van der Waals surface area contributed by atoms with E-state index in [-0.39, 0.29) is 12.5 Å². The second-order valence-corrected chi connectivity index (χ2v) is 6.37. The zero-order chi connectivity index (χ0) is 20.7. The summed E-state index contributed by atoms with van der Waals surface area (Å²) < 4.78 is 4.80. The lowest BCUT2D eigenvalue weighted by molar-refractivity contribution is -0.137. The van der Waals surface area contributed by atoms with Crippen LogP contribution in [0.3, 0.4) is 0 Å². The Morgan fingerprint density at radius 2 is 1.79 bits per heavy atom. The van der Waals surface area contributed by atoms with Crippen LogP contribution in [0.4, 0.5) is 10.5 Å². The van der Waals surface area contributed by atoms with Crippen LogP contribution in [0, 0.1) is 0 Å². The molecule has 8 heteroatoms. The zero-order valence-corrected chi connectivity index (χ0v) is 16.3. The average Bonchev–Trinajstić information content (AvgIpc) is 2.92. The van der Waals surface area contributed by atoms with Crippen molar-refractivity contribution in [1.82, 2.24) is 10.2 Å². The number of nitrogens with zero attached hydrogens (tertiary/aromatic N) is 1. The SMILES string of the molecule is CCOC(=O)C=Cc1ccc(NC(=O)CN2C(=O)NC(CC)(CC)C2=O)cc1. The molecular formula is C20H25N3O5. The zero-order valence-electron chi connectivity index (χ0n) is 16.3. The van der Waals surface area contributed by atoms with Crippen LogP contribution >= 0.6 is 0 Å². The minimum atomic E-state index is -0.926. The number of anilines is 1. The summed E-state index contributed by atoms with van der Waals surface area (Å²) in [6.45, 7) is 5.33. The molecule has 8 nitrogen and oxygen atoms in total. The summed E-state index contributed by atoms with van der Waals surface area (Å²) in [5.74, 6) is -1.28. The predicted octanol–water partition coefficient (Wildman–Crippen LogP) is 2.31. The molecule has 150 valence electrons. The van der Waals surface area contributed by atoms with Gasteiger partial charge in [0, 0.05) is 11.8 Å². The van der Waals surface area contributed by atoms with Gasteiger partial charge in [-0.05, 0) is 43.5 Å². The lowest BCUT2D eigenvalue weighted by atomic mass is 9.93. The molecule has 0 bridgehead atoms. The minimum absolute atomic E-state index is 0.309. The predicted molar refractivity (Wildman–Crippen MR) is 104 cm³/mol. The van der Waals surface area contributed by atoms with Gasteiger partial charge in [-0.25, -0.2) is 9.59 Å². The van der Waals surface area contributed by atoms with Gasteiger partial charge >= 0.3 is 12.0 Å². The highest BCUT2D eigenvalue weighted by molar-refractivity contribution is 6.10. The number of carbonyl (C=O) groups excluding carboxylic acids is 4. The number of imide groups is 1. The van der Waals surface area contributed by atoms with Crippen molar-refractivity contribution in [3.63, 3.8) is 0 Å². The average molecular weight is 387 g/mol. The summed E-state index contributed by atoms with van der Waals surface area (Å²) >= 11 is 0. The fourth-order valence-electron chi connectivity index (χ4n) is 2.93. The van der Waals surface area contributed by atoms with Gasteiger partial charge in [0.15, 0.2) is 0 Å². The van der Waals surface area contributed by atoms with E-state index in [9.17, 15) is 19.2 Å². The lowest BCUT2D eigenvalue weighted by Gasteiger charge is -2.23. The first kappa shape index (κ1) is 21.1. The second-order valence-electron chi connectivity index (χ2n) is 6.37. The van der Waals surface area contributed by atoms with E-state index in [1.807, 2.05) is 13.8 Å². The molecule has 0 unspecified atom stereocenters. The van der Waals surface area contributed by atoms with E-state index >= 15 is 0 Å². The van der Waals surface area contributed by atoms with Crippen molar-refractivity contribution in [2.75, 3.05) is 18.5 Å². The normalized spacial score (nSPS) is 15.6. The molecule has 0 atom stereocenters. The molecule has 0 spiro atoms. The van der Waals surface area contributed by atoms with Crippen LogP contribution < -0.4 is 10.6 Å². The molecule has 1 heterocycles. The third-order valence-electron chi connectivity index (χ3n) is 4.65. The number of amides is 4. The van der Waals surface area contributed by atoms with Crippen molar-refractivity contribution >= 4 is 35.6 Å². The van der Waals surface area contributed by atoms with E-state index in [0.717, 1.165) is 10.5 Å². The summed E-state index contributed by atoms with van der Waals surface area (Å²) in [6, 6.07) is 6.22. The van der Waals surface area contributed by atoms with Crippen LogP contribution in [0.5, 0.6) is 0 Å². The van der Waals surface area contributed by atoms with E-state index in [2.05, 4.69) is 10.6 Å². The van der Waals surface area contributed by atoms with Gasteiger partial charge < -0.3 is 15.4 Å². The number of benzene rings is 1. The molecule has 2 rings (SSSR count). The molecular weight excluding hydrogens is 362 g/mol. The van der Waals surface area contributed by atoms with Crippen LogP contribution in [0.1, 0.15) is 39.2 Å². The molecule has 1 saturated heterocycles. The standard InChI is InChI=1S/C20H25N3O5/c1-4-20(5-2)18(26)23(19(27)22-20)13-16(24)21-15-10-7-14(8-11-15)9-12-17(25)28-6-3/h7-12H,4-6,13H2,1-3H3,(H,21,24)(H,22,27). The number of hydrogen-bond acceptors (Lipinski definition) is 5. The number of hydrogen-bond donors (Lipinski definition) is 2. The van der Waals surface area contributed by atoms with E-state index in [1.165, 1.54) is 6.08 Å². The fraction of sp³-hybridized carbons (Fsp3) is 0.400. The number of carbonyl (C=O) groups is 4. The number of urea groups is 1. The number of nitrogens with one attached hydrogen (secondary N) is 2. The lowest BCUT2D eigenvalue weighted by Crippen LogP contribution is -2.46. The maximum atomic E-state index is 12.5. The minimum Gasteiger partial charge on any atom is -0.463 e. The van der Waals surface area contributed by atoms with Crippen LogP contribution in [-0.2, 0) is 19.1 Å². The Labute approximate surface area is 163 Å². The maximum absolute atomic E-state index is 12.5. The van der Waals surface area contributed by atoms with Crippen molar-refractivity contribution in [2.45, 2.75) is 39.2 Å². The van der Waals surface area contributed by atoms with E-state index in [4.69, 9.17) is 4.74 Å². The largest absolute Gasteiger partial charge is 0.463 e. The molecule has 1 fully saturated rings. The van der Waals surface area contributed by atoms with Gasteiger partial charge in [0.25, 0.3) is 5.91 Å². The maximum Gasteiger partial charge on any atom is 0.330 e. The molecule has 1 aromatic carbocycles. The third kappa shape index (κ3) is 4.76. The Bertz CT molecular complexity index is 782. The molecule has 4 amide bonds. The molecule has 1 aliphatic heterocycles. The van der Waals surface area contributed by atoms with Crippen LogP contribution in [0.15, 0.2) is 30.3 Å². The highest BCUT2D eigenvalue weighted by Crippen LogP contribution is 2.24. The van der Waals surface area contributed by atoms with Gasteiger partial charge in [-0.15, -0.1) is 0 Å². The van der Waals surface area contributed by atoms with Gasteiger partial charge in [0.2, 0.25) is 5.91 Å². The first-order valence-electron chi connectivity index (χ1n) is 9.24. The molecule has 0 radical (unpaired) electrons. The smallest absolute Gasteiger partial charge is 0.330 e. The third-order valence-corrected chi connectivity index (χ3v) is 4.65. The first-order valence-corrected chi connectivity index (χ1v) is 9.24. The van der Waals surface area contributed by atoms with Gasteiger partial charge in [-0.1, -0.05) is 26.0 Å². The quantitative estimate of drug-likeness (QED) is 0.405. The summed E-state index contributed by atoms with van der Waals surface area (Å²) in [7, 11) is 0. The van der Waals surface area contributed by atoms with Crippen molar-refractivity contribution in [3.05, 3.63) is 35.9 Å². The summed E-state index contributed by atoms with van der Waals surface area (Å²) in [4.78, 5) is 49.1. The van der Waals surface area contributed by atoms with E-state index in [0.29, 0.717) is 25.1 Å². The van der Waals surface area contributed by atoms with Gasteiger partial charge in [0.05, 0.1) is 6.61 Å². The number of rotatable bonds is 8. The van der Waals surface area contributed by atoms with E-state index < -0.39 is 23.4 Å². The first-order chi connectivity index (χ1) is 13.3. The Kier molecular flexibility index (Phi) is 6.92. The molecule has 0 aromatic heterocycles. The monoisotopic (exact) mass is 387 g/mol. The summed E-state index contributed by atoms with van der Waals surface area (Å²) in [5.41, 5.74) is 0.350. The molecule has 28 heavy (non-hydrogen) atoms. The van der Waals surface area contributed by atoms with Gasteiger partial charge in [-0.3, -0.25) is 14.5 Å². The van der Waals surface area contributed by atoms with E-state index in [1.54, 1.807) is 37.3 Å². The van der Waals surface area contributed by atoms with Crippen LogP contribution in [-0.4, -0.2) is 47.4 Å². The second kappa shape index (κ2) is 9.16. The Morgan fingerprint density at radius 3 is 2.32 bits per heavy atom. The van der Waals surface area contributed by atoms with Gasteiger partial charge in [-0.2, -0.15) is 0 Å². The highest BCUT2D eigenvalue weighted by atomic mass is 16.5. The topological polar surface area (TPSA) is 105 Å². The molecule has 1 aromatic rings. The fourth-order valence-corrected chi connectivity index (χ4v) is 2.93. The molecule has 2 N–H and O–H groups in total. The Balaban J connectivity index is 1.95. The van der Waals surface area contributed by atoms with Crippen LogP contribution in [0.2, 0.25) is 0 Å². The van der Waals surface area contributed by atoms with Crippen molar-refractivity contribution in [1.29, 1.82) is 0 Å². The number of esters is 1. The Hall–Kier alpha value is -3.16. The Morgan fingerprint density at radius 1 is 1.14 bits per heavy atom. The van der Waals surface area contributed by atoms with Crippen molar-refractivity contribution in [2.24, 2.45) is 0 Å². The highest BCUT2D eigenvalue weighted by Gasteiger charge is 2.49. The van der Waals surface area contributed by atoms with Gasteiger partial charge in [0.1, 0.15) is 12.1 Å². The molecule has 0 saturated carbocycles. The summed E-state index contributed by atoms with van der Waals surface area (Å²) in [5, 5.41) is 5.34. The van der Waals surface area contributed by atoms with Crippen LogP contribution in [0.25, 0.3) is 6.08 Å².